The van der Waals surface area contributed by atoms with Crippen LogP contribution in [0.3, 0.4) is 0 Å². The first-order valence-corrected chi connectivity index (χ1v) is 9.36. The van der Waals surface area contributed by atoms with Gasteiger partial charge in [0.05, 0.1) is 24.4 Å². The fourth-order valence-electron chi connectivity index (χ4n) is 2.93. The maximum atomic E-state index is 8.98. The Balaban J connectivity index is 1.69. The Morgan fingerprint density at radius 1 is 0.800 bits per heavy atom. The van der Waals surface area contributed by atoms with Gasteiger partial charge in [0, 0.05) is 29.1 Å². The molecule has 3 aromatic carbocycles. The largest absolute Gasteiger partial charge is 0.497 e. The SMILES string of the molecule is COc1cccc(Nc2cc(-c3ccccc3)nc(Nc3ccc(C#N)cc3)n2)c1. The zero-order valence-electron chi connectivity index (χ0n) is 16.3. The van der Waals surface area contributed by atoms with Crippen LogP contribution in [0.5, 0.6) is 5.75 Å². The average molecular weight is 393 g/mol. The summed E-state index contributed by atoms with van der Waals surface area (Å²) in [5.41, 5.74) is 4.02. The molecule has 0 aliphatic rings. The van der Waals surface area contributed by atoms with Crippen LogP contribution in [0.1, 0.15) is 5.56 Å². The van der Waals surface area contributed by atoms with Gasteiger partial charge in [0.25, 0.3) is 0 Å². The zero-order valence-corrected chi connectivity index (χ0v) is 16.3. The van der Waals surface area contributed by atoms with E-state index in [1.807, 2.05) is 72.8 Å². The molecular formula is C24H19N5O. The number of nitriles is 1. The predicted molar refractivity (Wildman–Crippen MR) is 118 cm³/mol. The van der Waals surface area contributed by atoms with Crippen molar-refractivity contribution in [1.82, 2.24) is 9.97 Å². The van der Waals surface area contributed by atoms with Crippen molar-refractivity contribution in [2.75, 3.05) is 17.7 Å². The van der Waals surface area contributed by atoms with Gasteiger partial charge in [0.1, 0.15) is 11.6 Å². The van der Waals surface area contributed by atoms with E-state index < -0.39 is 0 Å². The number of nitrogens with one attached hydrogen (secondary N) is 2. The van der Waals surface area contributed by atoms with E-state index in [-0.39, 0.29) is 0 Å². The molecule has 0 radical (unpaired) electrons. The fraction of sp³-hybridized carbons (Fsp3) is 0.0417. The molecule has 30 heavy (non-hydrogen) atoms. The normalized spacial score (nSPS) is 10.1. The van der Waals surface area contributed by atoms with Crippen LogP contribution >= 0.6 is 0 Å². The van der Waals surface area contributed by atoms with Crippen LogP contribution in [0.4, 0.5) is 23.1 Å². The van der Waals surface area contributed by atoms with Gasteiger partial charge < -0.3 is 15.4 Å². The topological polar surface area (TPSA) is 82.9 Å². The zero-order chi connectivity index (χ0) is 20.8. The van der Waals surface area contributed by atoms with Gasteiger partial charge in [-0.2, -0.15) is 10.2 Å². The van der Waals surface area contributed by atoms with E-state index in [1.165, 1.54) is 0 Å². The average Bonchev–Trinajstić information content (AvgIpc) is 2.80. The predicted octanol–water partition coefficient (Wildman–Crippen LogP) is 5.51. The Morgan fingerprint density at radius 2 is 1.60 bits per heavy atom. The van der Waals surface area contributed by atoms with Crippen LogP contribution in [0.15, 0.2) is 84.9 Å². The Hall–Kier alpha value is -4.37. The highest BCUT2D eigenvalue weighted by molar-refractivity contribution is 5.69. The van der Waals surface area contributed by atoms with Crippen LogP contribution in [-0.4, -0.2) is 17.1 Å². The van der Waals surface area contributed by atoms with Crippen molar-refractivity contribution < 1.29 is 4.74 Å². The van der Waals surface area contributed by atoms with Crippen molar-refractivity contribution >= 4 is 23.1 Å². The molecule has 0 aliphatic heterocycles. The molecule has 0 saturated heterocycles. The summed E-state index contributed by atoms with van der Waals surface area (Å²) in [6.07, 6.45) is 0. The van der Waals surface area contributed by atoms with E-state index in [0.29, 0.717) is 17.3 Å². The minimum absolute atomic E-state index is 0.450. The molecule has 0 saturated carbocycles. The summed E-state index contributed by atoms with van der Waals surface area (Å²) >= 11 is 0. The standard InChI is InChI=1S/C24H19N5O/c1-30-21-9-5-8-20(14-21)26-23-15-22(18-6-3-2-4-7-18)28-24(29-23)27-19-12-10-17(16-25)11-13-19/h2-15H,1H3,(H2,26,27,28,29). The van der Waals surface area contributed by atoms with E-state index in [4.69, 9.17) is 10.00 Å². The van der Waals surface area contributed by atoms with E-state index >= 15 is 0 Å². The van der Waals surface area contributed by atoms with Crippen molar-refractivity contribution in [3.05, 3.63) is 90.5 Å². The van der Waals surface area contributed by atoms with Crippen LogP contribution < -0.4 is 15.4 Å². The van der Waals surface area contributed by atoms with E-state index in [9.17, 15) is 0 Å². The van der Waals surface area contributed by atoms with Gasteiger partial charge in [-0.1, -0.05) is 36.4 Å². The molecule has 0 amide bonds. The minimum atomic E-state index is 0.450. The summed E-state index contributed by atoms with van der Waals surface area (Å²) in [4.78, 5) is 9.27. The maximum absolute atomic E-state index is 8.98. The molecule has 6 heteroatoms. The second-order valence-electron chi connectivity index (χ2n) is 6.50. The smallest absolute Gasteiger partial charge is 0.229 e. The number of anilines is 4. The van der Waals surface area contributed by atoms with Gasteiger partial charge in [0.15, 0.2) is 0 Å². The number of aromatic nitrogens is 2. The third-order valence-electron chi connectivity index (χ3n) is 4.41. The number of rotatable bonds is 6. The Labute approximate surface area is 174 Å². The highest BCUT2D eigenvalue weighted by Gasteiger charge is 2.08. The molecule has 0 fully saturated rings. The molecule has 0 spiro atoms. The number of methoxy groups -OCH3 is 1. The molecule has 6 nitrogen and oxygen atoms in total. The maximum Gasteiger partial charge on any atom is 0.229 e. The Kier molecular flexibility index (Phi) is 5.54. The first-order chi connectivity index (χ1) is 14.7. The summed E-state index contributed by atoms with van der Waals surface area (Å²) in [5.74, 6) is 1.85. The van der Waals surface area contributed by atoms with E-state index in [2.05, 4.69) is 26.7 Å². The van der Waals surface area contributed by atoms with Crippen molar-refractivity contribution in [2.24, 2.45) is 0 Å². The molecule has 146 valence electrons. The second-order valence-corrected chi connectivity index (χ2v) is 6.50. The summed E-state index contributed by atoms with van der Waals surface area (Å²) < 4.78 is 5.30. The molecule has 1 aromatic heterocycles. The summed E-state index contributed by atoms with van der Waals surface area (Å²) in [6.45, 7) is 0. The first-order valence-electron chi connectivity index (χ1n) is 9.36. The first kappa shape index (κ1) is 19.0. The van der Waals surface area contributed by atoms with E-state index in [1.54, 1.807) is 19.2 Å². The van der Waals surface area contributed by atoms with Crippen LogP contribution in [0.2, 0.25) is 0 Å². The summed E-state index contributed by atoms with van der Waals surface area (Å²) in [6, 6.07) is 28.7. The lowest BCUT2D eigenvalue weighted by molar-refractivity contribution is 0.415. The number of ether oxygens (including phenoxy) is 1. The lowest BCUT2D eigenvalue weighted by atomic mass is 10.1. The third-order valence-corrected chi connectivity index (χ3v) is 4.41. The van der Waals surface area contributed by atoms with Gasteiger partial charge in [-0.25, -0.2) is 4.98 Å². The lowest BCUT2D eigenvalue weighted by Crippen LogP contribution is -2.02. The van der Waals surface area contributed by atoms with Crippen molar-refractivity contribution in [1.29, 1.82) is 5.26 Å². The molecular weight excluding hydrogens is 374 g/mol. The second kappa shape index (κ2) is 8.76. The Bertz CT molecular complexity index is 1180. The number of hydrogen-bond acceptors (Lipinski definition) is 6. The Morgan fingerprint density at radius 3 is 2.33 bits per heavy atom. The third kappa shape index (κ3) is 4.54. The van der Waals surface area contributed by atoms with Crippen LogP contribution in [-0.2, 0) is 0 Å². The van der Waals surface area contributed by atoms with Crippen LogP contribution in [0.25, 0.3) is 11.3 Å². The fourth-order valence-corrected chi connectivity index (χ4v) is 2.93. The van der Waals surface area contributed by atoms with Crippen molar-refractivity contribution in [3.8, 4) is 23.1 Å². The number of nitrogens with zero attached hydrogens (tertiary/aromatic N) is 3. The molecule has 1 heterocycles. The van der Waals surface area contributed by atoms with Crippen molar-refractivity contribution in [2.45, 2.75) is 0 Å². The highest BCUT2D eigenvalue weighted by atomic mass is 16.5. The molecule has 0 atom stereocenters. The van der Waals surface area contributed by atoms with Gasteiger partial charge in [-0.3, -0.25) is 0 Å². The van der Waals surface area contributed by atoms with Gasteiger partial charge in [-0.05, 0) is 36.4 Å². The molecule has 4 aromatic rings. The highest BCUT2D eigenvalue weighted by Crippen LogP contribution is 2.26. The van der Waals surface area contributed by atoms with Gasteiger partial charge in [0.2, 0.25) is 5.95 Å². The number of hydrogen-bond donors (Lipinski definition) is 2. The van der Waals surface area contributed by atoms with Crippen LogP contribution in [0, 0.1) is 11.3 Å². The molecule has 0 bridgehead atoms. The number of benzene rings is 3. The quantitative estimate of drug-likeness (QED) is 0.449. The molecule has 0 unspecified atom stereocenters. The van der Waals surface area contributed by atoms with E-state index in [0.717, 1.165) is 28.4 Å². The molecule has 4 rings (SSSR count). The van der Waals surface area contributed by atoms with Gasteiger partial charge in [-0.15, -0.1) is 0 Å². The molecule has 0 aliphatic carbocycles. The molecule has 2 N–H and O–H groups in total. The monoisotopic (exact) mass is 393 g/mol. The summed E-state index contributed by atoms with van der Waals surface area (Å²) in [7, 11) is 1.64. The lowest BCUT2D eigenvalue weighted by Gasteiger charge is -2.12. The van der Waals surface area contributed by atoms with Gasteiger partial charge >= 0.3 is 0 Å². The van der Waals surface area contributed by atoms with Crippen molar-refractivity contribution in [3.63, 3.8) is 0 Å². The summed E-state index contributed by atoms with van der Waals surface area (Å²) in [5, 5.41) is 15.5. The minimum Gasteiger partial charge on any atom is -0.497 e.